The maximum atomic E-state index is 14.0. The second kappa shape index (κ2) is 10.4. The number of esters is 1. The van der Waals surface area contributed by atoms with E-state index in [1.165, 1.54) is 19.2 Å². The van der Waals surface area contributed by atoms with E-state index >= 15 is 0 Å². The fourth-order valence-electron chi connectivity index (χ4n) is 4.49. The van der Waals surface area contributed by atoms with Crippen molar-refractivity contribution < 1.29 is 28.2 Å². The highest BCUT2D eigenvalue weighted by atomic mass is 35.5. The minimum absolute atomic E-state index is 0.215. The third-order valence-electron chi connectivity index (χ3n) is 6.10. The summed E-state index contributed by atoms with van der Waals surface area (Å²) in [5, 5.41) is 3.05. The first-order valence-corrected chi connectivity index (χ1v) is 12.3. The standard InChI is InChI=1S/C29H29ClFNO5/c1-28(2,3)37-27(34)32-29(26(33)35-4)12-11-18-9-10-23(15-20(18)17-29)36-25-8-6-5-7-24(25)19-13-21(30)16-22(31)14-19/h5-10,13-16H,11-12,17H2,1-4H3,(H,32,34). The van der Waals surface area contributed by atoms with Crippen molar-refractivity contribution in [2.24, 2.45) is 0 Å². The van der Waals surface area contributed by atoms with E-state index < -0.39 is 29.0 Å². The number of amides is 1. The summed E-state index contributed by atoms with van der Waals surface area (Å²) in [6.45, 7) is 5.27. The molecule has 0 saturated carbocycles. The molecule has 1 N–H and O–H groups in total. The number of aryl methyl sites for hydroxylation is 1. The third-order valence-corrected chi connectivity index (χ3v) is 6.31. The summed E-state index contributed by atoms with van der Waals surface area (Å²) in [5.74, 6) is 0.0732. The Bertz CT molecular complexity index is 1320. The molecule has 0 radical (unpaired) electrons. The zero-order valence-corrected chi connectivity index (χ0v) is 21.9. The number of rotatable bonds is 5. The van der Waals surface area contributed by atoms with Gasteiger partial charge in [0.25, 0.3) is 0 Å². The van der Waals surface area contributed by atoms with Gasteiger partial charge in [-0.3, -0.25) is 0 Å². The van der Waals surface area contributed by atoms with Gasteiger partial charge in [0.05, 0.1) is 7.11 Å². The molecule has 37 heavy (non-hydrogen) atoms. The number of halogens is 2. The lowest BCUT2D eigenvalue weighted by atomic mass is 9.78. The van der Waals surface area contributed by atoms with Crippen LogP contribution in [0.4, 0.5) is 9.18 Å². The number of hydrogen-bond acceptors (Lipinski definition) is 5. The summed E-state index contributed by atoms with van der Waals surface area (Å²) in [6.07, 6.45) is 0.456. The molecule has 8 heteroatoms. The molecule has 1 atom stereocenters. The number of carbonyl (C=O) groups is 2. The van der Waals surface area contributed by atoms with Gasteiger partial charge in [0.2, 0.25) is 0 Å². The van der Waals surface area contributed by atoms with Crippen molar-refractivity contribution in [1.82, 2.24) is 5.32 Å². The van der Waals surface area contributed by atoms with Crippen molar-refractivity contribution in [3.05, 3.63) is 82.6 Å². The van der Waals surface area contributed by atoms with Gasteiger partial charge < -0.3 is 19.5 Å². The zero-order valence-electron chi connectivity index (χ0n) is 21.2. The Kier molecular flexibility index (Phi) is 7.46. The topological polar surface area (TPSA) is 73.9 Å². The van der Waals surface area contributed by atoms with Crippen LogP contribution in [-0.4, -0.2) is 30.3 Å². The first-order chi connectivity index (χ1) is 17.5. The van der Waals surface area contributed by atoms with E-state index in [1.807, 2.05) is 36.4 Å². The number of fused-ring (bicyclic) bond motifs is 1. The van der Waals surface area contributed by atoms with Crippen molar-refractivity contribution in [2.75, 3.05) is 7.11 Å². The molecule has 0 heterocycles. The molecule has 1 amide bonds. The predicted octanol–water partition coefficient (Wildman–Crippen LogP) is 6.86. The molecule has 194 valence electrons. The minimum Gasteiger partial charge on any atom is -0.467 e. The molecule has 4 rings (SSSR count). The van der Waals surface area contributed by atoms with Gasteiger partial charge in [-0.2, -0.15) is 0 Å². The molecular formula is C29H29ClFNO5. The number of nitrogens with one attached hydrogen (secondary N) is 1. The monoisotopic (exact) mass is 525 g/mol. The predicted molar refractivity (Wildman–Crippen MR) is 140 cm³/mol. The highest BCUT2D eigenvalue weighted by Crippen LogP contribution is 2.37. The first kappa shape index (κ1) is 26.5. The van der Waals surface area contributed by atoms with E-state index in [4.69, 9.17) is 25.8 Å². The van der Waals surface area contributed by atoms with Gasteiger partial charge in [0, 0.05) is 17.0 Å². The van der Waals surface area contributed by atoms with E-state index in [2.05, 4.69) is 5.32 Å². The lowest BCUT2D eigenvalue weighted by Crippen LogP contribution is -2.59. The van der Waals surface area contributed by atoms with Crippen LogP contribution < -0.4 is 10.1 Å². The maximum absolute atomic E-state index is 14.0. The molecule has 1 unspecified atom stereocenters. The van der Waals surface area contributed by atoms with Crippen LogP contribution in [0.2, 0.25) is 5.02 Å². The number of hydrogen-bond donors (Lipinski definition) is 1. The second-order valence-corrected chi connectivity index (χ2v) is 10.5. The number of para-hydroxylation sites is 1. The lowest BCUT2D eigenvalue weighted by molar-refractivity contribution is -0.149. The second-order valence-electron chi connectivity index (χ2n) is 10.1. The average Bonchev–Trinajstić information content (AvgIpc) is 2.81. The van der Waals surface area contributed by atoms with Crippen LogP contribution in [0.1, 0.15) is 38.3 Å². The van der Waals surface area contributed by atoms with Gasteiger partial charge in [-0.15, -0.1) is 0 Å². The largest absolute Gasteiger partial charge is 0.467 e. The van der Waals surface area contributed by atoms with Crippen LogP contribution in [0.5, 0.6) is 11.5 Å². The van der Waals surface area contributed by atoms with Gasteiger partial charge in [-0.1, -0.05) is 35.9 Å². The van der Waals surface area contributed by atoms with E-state index in [1.54, 1.807) is 32.9 Å². The molecule has 0 aliphatic heterocycles. The van der Waals surface area contributed by atoms with Crippen LogP contribution in [0.25, 0.3) is 11.1 Å². The molecule has 0 fully saturated rings. The smallest absolute Gasteiger partial charge is 0.408 e. The van der Waals surface area contributed by atoms with Crippen molar-refractivity contribution in [3.63, 3.8) is 0 Å². The Morgan fingerprint density at radius 3 is 2.49 bits per heavy atom. The highest BCUT2D eigenvalue weighted by molar-refractivity contribution is 6.30. The van der Waals surface area contributed by atoms with Crippen LogP contribution >= 0.6 is 11.6 Å². The Hall–Kier alpha value is -3.58. The third kappa shape index (κ3) is 6.23. The maximum Gasteiger partial charge on any atom is 0.408 e. The van der Waals surface area contributed by atoms with Gasteiger partial charge in [0.15, 0.2) is 0 Å². The number of methoxy groups -OCH3 is 1. The number of benzene rings is 3. The molecule has 0 aromatic heterocycles. The Balaban J connectivity index is 1.63. The summed E-state index contributed by atoms with van der Waals surface area (Å²) < 4.78 is 30.7. The van der Waals surface area contributed by atoms with E-state index in [0.717, 1.165) is 11.1 Å². The van der Waals surface area contributed by atoms with Gasteiger partial charge in [-0.05, 0) is 86.7 Å². The Labute approximate surface area is 220 Å². The zero-order chi connectivity index (χ0) is 26.8. The average molecular weight is 526 g/mol. The SMILES string of the molecule is COC(=O)C1(NC(=O)OC(C)(C)C)CCc2ccc(Oc3ccccc3-c3cc(F)cc(Cl)c3)cc2C1. The summed E-state index contributed by atoms with van der Waals surface area (Å²) >= 11 is 6.07. The summed E-state index contributed by atoms with van der Waals surface area (Å²) in [4.78, 5) is 25.5. The molecule has 0 spiro atoms. The van der Waals surface area contributed by atoms with Crippen molar-refractivity contribution in [1.29, 1.82) is 0 Å². The van der Waals surface area contributed by atoms with Crippen LogP contribution in [0, 0.1) is 5.82 Å². The first-order valence-electron chi connectivity index (χ1n) is 11.9. The molecule has 1 aliphatic carbocycles. The molecule has 1 aliphatic rings. The normalized spacial score (nSPS) is 16.9. The van der Waals surface area contributed by atoms with Gasteiger partial charge in [-0.25, -0.2) is 14.0 Å². The van der Waals surface area contributed by atoms with Crippen LogP contribution in [-0.2, 0) is 27.1 Å². The lowest BCUT2D eigenvalue weighted by Gasteiger charge is -2.36. The summed E-state index contributed by atoms with van der Waals surface area (Å²) in [5.41, 5.74) is 1.18. The quantitative estimate of drug-likeness (QED) is 0.368. The molecule has 0 saturated heterocycles. The molecule has 3 aromatic carbocycles. The van der Waals surface area contributed by atoms with Crippen molar-refractivity contribution in [2.45, 2.75) is 51.2 Å². The Morgan fingerprint density at radius 2 is 1.78 bits per heavy atom. The highest BCUT2D eigenvalue weighted by Gasteiger charge is 2.45. The number of carbonyl (C=O) groups excluding carboxylic acids is 2. The number of alkyl carbamates (subject to hydrolysis) is 1. The van der Waals surface area contributed by atoms with E-state index in [9.17, 15) is 14.0 Å². The molecular weight excluding hydrogens is 497 g/mol. The van der Waals surface area contributed by atoms with E-state index in [0.29, 0.717) is 35.5 Å². The van der Waals surface area contributed by atoms with E-state index in [-0.39, 0.29) is 11.4 Å². The van der Waals surface area contributed by atoms with Crippen molar-refractivity contribution >= 4 is 23.7 Å². The fraction of sp³-hybridized carbons (Fsp3) is 0.310. The summed E-state index contributed by atoms with van der Waals surface area (Å²) in [6, 6.07) is 17.2. The number of ether oxygens (including phenoxy) is 3. The summed E-state index contributed by atoms with van der Waals surface area (Å²) in [7, 11) is 1.30. The van der Waals surface area contributed by atoms with Crippen LogP contribution in [0.3, 0.4) is 0 Å². The minimum atomic E-state index is -1.26. The van der Waals surface area contributed by atoms with Crippen LogP contribution in [0.15, 0.2) is 60.7 Å². The molecule has 0 bridgehead atoms. The van der Waals surface area contributed by atoms with Gasteiger partial charge >= 0.3 is 12.1 Å². The fourth-order valence-corrected chi connectivity index (χ4v) is 4.71. The molecule has 6 nitrogen and oxygen atoms in total. The Morgan fingerprint density at radius 1 is 1.03 bits per heavy atom. The molecule has 3 aromatic rings. The van der Waals surface area contributed by atoms with Gasteiger partial charge in [0.1, 0.15) is 28.5 Å². The van der Waals surface area contributed by atoms with Crippen molar-refractivity contribution in [3.8, 4) is 22.6 Å².